The number of nitrogens with one attached hydrogen (secondary N) is 1. The lowest BCUT2D eigenvalue weighted by Gasteiger charge is -2.34. The third-order valence-electron chi connectivity index (χ3n) is 4.22. The maximum absolute atomic E-state index is 12.6. The molecule has 1 fully saturated rings. The molecule has 6 nitrogen and oxygen atoms in total. The molecule has 0 aromatic heterocycles. The van der Waals surface area contributed by atoms with Gasteiger partial charge in [0.2, 0.25) is 5.91 Å². The molecule has 0 unspecified atom stereocenters. The first-order chi connectivity index (χ1) is 10.5. The molecule has 7 heteroatoms. The Labute approximate surface area is 142 Å². The summed E-state index contributed by atoms with van der Waals surface area (Å²) in [6.45, 7) is 3.16. The molecule has 1 amide bonds. The second-order valence-electron chi connectivity index (χ2n) is 5.57. The Morgan fingerprint density at radius 3 is 2.57 bits per heavy atom. The molecule has 0 aliphatic carbocycles. The zero-order valence-electron chi connectivity index (χ0n) is 13.4. The lowest BCUT2D eigenvalue weighted by Crippen LogP contribution is -2.46. The number of aryl methyl sites for hydroxylation is 1. The average Bonchev–Trinajstić information content (AvgIpc) is 2.56. The summed E-state index contributed by atoms with van der Waals surface area (Å²) in [6.07, 6.45) is 1.20. The van der Waals surface area contributed by atoms with Crippen LogP contribution in [0, 0.1) is 12.3 Å². The van der Waals surface area contributed by atoms with Crippen molar-refractivity contribution in [1.82, 2.24) is 0 Å². The van der Waals surface area contributed by atoms with Gasteiger partial charge in [-0.2, -0.15) is 0 Å². The third kappa shape index (κ3) is 4.22. The molecule has 128 valence electrons. The first-order valence-corrected chi connectivity index (χ1v) is 7.30. The van der Waals surface area contributed by atoms with Crippen LogP contribution in [0.4, 0.5) is 5.69 Å². The summed E-state index contributed by atoms with van der Waals surface area (Å²) in [5.74, 6) is -0.550. The number of rotatable bonds is 4. The van der Waals surface area contributed by atoms with E-state index in [0.717, 1.165) is 5.56 Å². The molecule has 23 heavy (non-hydrogen) atoms. The van der Waals surface area contributed by atoms with Gasteiger partial charge in [0.05, 0.1) is 18.1 Å². The van der Waals surface area contributed by atoms with E-state index in [1.807, 2.05) is 6.92 Å². The molecule has 1 aromatic rings. The van der Waals surface area contributed by atoms with Gasteiger partial charge >= 0.3 is 5.97 Å². The minimum atomic E-state index is -0.603. The molecule has 1 saturated heterocycles. The van der Waals surface area contributed by atoms with E-state index in [9.17, 15) is 9.59 Å². The highest BCUT2D eigenvalue weighted by Crippen LogP contribution is 2.31. The van der Waals surface area contributed by atoms with Gasteiger partial charge in [0.15, 0.2) is 0 Å². The molecule has 0 bridgehead atoms. The Morgan fingerprint density at radius 2 is 2.00 bits per heavy atom. The molecule has 1 heterocycles. The van der Waals surface area contributed by atoms with Crippen LogP contribution in [0.15, 0.2) is 18.2 Å². The van der Waals surface area contributed by atoms with E-state index in [-0.39, 0.29) is 24.9 Å². The maximum Gasteiger partial charge on any atom is 0.338 e. The van der Waals surface area contributed by atoms with Crippen LogP contribution < -0.4 is 11.1 Å². The van der Waals surface area contributed by atoms with Crippen LogP contribution in [-0.4, -0.2) is 38.7 Å². The standard InChI is InChI=1S/C16H22N2O4.ClH/c1-11-3-4-12(9-13(11)14(19)21-2)18-15(20)16(10-17)5-7-22-8-6-16;/h3-4,9H,5-8,10,17H2,1-2H3,(H,18,20);1H. The predicted molar refractivity (Wildman–Crippen MR) is 89.9 cm³/mol. The zero-order chi connectivity index (χ0) is 16.2. The van der Waals surface area contributed by atoms with Gasteiger partial charge in [0.1, 0.15) is 0 Å². The number of carbonyl (C=O) groups is 2. The summed E-state index contributed by atoms with van der Waals surface area (Å²) in [7, 11) is 1.33. The number of hydrogen-bond acceptors (Lipinski definition) is 5. The van der Waals surface area contributed by atoms with Gasteiger partial charge in [0.25, 0.3) is 0 Å². The Bertz CT molecular complexity index is 571. The van der Waals surface area contributed by atoms with Gasteiger partial charge in [0, 0.05) is 25.4 Å². The van der Waals surface area contributed by atoms with Crippen LogP contribution in [0.2, 0.25) is 0 Å². The molecular formula is C16H23ClN2O4. The maximum atomic E-state index is 12.6. The van der Waals surface area contributed by atoms with Crippen LogP contribution in [0.25, 0.3) is 0 Å². The normalized spacial score (nSPS) is 16.1. The fourth-order valence-corrected chi connectivity index (χ4v) is 2.58. The van der Waals surface area contributed by atoms with Crippen LogP contribution in [0.1, 0.15) is 28.8 Å². The summed E-state index contributed by atoms with van der Waals surface area (Å²) >= 11 is 0. The average molecular weight is 343 g/mol. The fraction of sp³-hybridized carbons (Fsp3) is 0.500. The zero-order valence-corrected chi connectivity index (χ0v) is 14.2. The second kappa shape index (κ2) is 8.29. The Kier molecular flexibility index (Phi) is 7.00. The predicted octanol–water partition coefficient (Wildman–Crippen LogP) is 1.90. The molecule has 3 N–H and O–H groups in total. The van der Waals surface area contributed by atoms with E-state index < -0.39 is 11.4 Å². The van der Waals surface area contributed by atoms with Crippen molar-refractivity contribution < 1.29 is 19.1 Å². The van der Waals surface area contributed by atoms with E-state index in [1.165, 1.54) is 7.11 Å². The van der Waals surface area contributed by atoms with Crippen LogP contribution in [-0.2, 0) is 14.3 Å². The number of hydrogen-bond donors (Lipinski definition) is 2. The topological polar surface area (TPSA) is 90.7 Å². The largest absolute Gasteiger partial charge is 0.465 e. The molecule has 1 aliphatic heterocycles. The summed E-state index contributed by atoms with van der Waals surface area (Å²) in [4.78, 5) is 24.3. The number of ether oxygens (including phenoxy) is 2. The van der Waals surface area contributed by atoms with Crippen LogP contribution in [0.3, 0.4) is 0 Å². The summed E-state index contributed by atoms with van der Waals surface area (Å²) < 4.78 is 10.1. The van der Waals surface area contributed by atoms with Crippen LogP contribution >= 0.6 is 12.4 Å². The van der Waals surface area contributed by atoms with Gasteiger partial charge in [-0.05, 0) is 37.5 Å². The van der Waals surface area contributed by atoms with Crippen molar-refractivity contribution in [2.45, 2.75) is 19.8 Å². The van der Waals surface area contributed by atoms with Crippen molar-refractivity contribution in [2.75, 3.05) is 32.2 Å². The van der Waals surface area contributed by atoms with E-state index >= 15 is 0 Å². The molecule has 0 spiro atoms. The third-order valence-corrected chi connectivity index (χ3v) is 4.22. The van der Waals surface area contributed by atoms with Gasteiger partial charge in [-0.25, -0.2) is 4.79 Å². The monoisotopic (exact) mass is 342 g/mol. The van der Waals surface area contributed by atoms with E-state index in [0.29, 0.717) is 37.3 Å². The first kappa shape index (κ1) is 19.4. The minimum absolute atomic E-state index is 0. The summed E-state index contributed by atoms with van der Waals surface area (Å²) in [5, 5.41) is 2.87. The van der Waals surface area contributed by atoms with Gasteiger partial charge in [-0.15, -0.1) is 12.4 Å². The molecule has 2 rings (SSSR count). The number of anilines is 1. The first-order valence-electron chi connectivity index (χ1n) is 7.30. The number of nitrogens with two attached hydrogens (primary N) is 1. The Hall–Kier alpha value is -1.63. The molecular weight excluding hydrogens is 320 g/mol. The van der Waals surface area contributed by atoms with E-state index in [2.05, 4.69) is 5.32 Å². The second-order valence-corrected chi connectivity index (χ2v) is 5.57. The fourth-order valence-electron chi connectivity index (χ4n) is 2.58. The van der Waals surface area contributed by atoms with Gasteiger partial charge in [-0.3, -0.25) is 4.79 Å². The highest BCUT2D eigenvalue weighted by Gasteiger charge is 2.38. The molecule has 1 aromatic carbocycles. The SMILES string of the molecule is COC(=O)c1cc(NC(=O)C2(CN)CCOCC2)ccc1C.Cl. The number of carbonyl (C=O) groups excluding carboxylic acids is 2. The number of esters is 1. The number of benzene rings is 1. The van der Waals surface area contributed by atoms with Crippen molar-refractivity contribution in [3.8, 4) is 0 Å². The Morgan fingerprint density at radius 1 is 1.35 bits per heavy atom. The van der Waals surface area contributed by atoms with Crippen molar-refractivity contribution in [3.05, 3.63) is 29.3 Å². The summed E-state index contributed by atoms with van der Waals surface area (Å²) in [5.41, 5.74) is 7.02. The Balaban J connectivity index is 0.00000264. The smallest absolute Gasteiger partial charge is 0.338 e. The molecule has 1 aliphatic rings. The van der Waals surface area contributed by atoms with Crippen molar-refractivity contribution in [3.63, 3.8) is 0 Å². The van der Waals surface area contributed by atoms with Gasteiger partial charge in [-0.1, -0.05) is 6.07 Å². The number of methoxy groups -OCH3 is 1. The number of amides is 1. The quantitative estimate of drug-likeness (QED) is 0.815. The number of halogens is 1. The lowest BCUT2D eigenvalue weighted by atomic mass is 9.79. The van der Waals surface area contributed by atoms with E-state index in [1.54, 1.807) is 18.2 Å². The van der Waals surface area contributed by atoms with Gasteiger partial charge < -0.3 is 20.5 Å². The molecule has 0 atom stereocenters. The molecule has 0 saturated carbocycles. The van der Waals surface area contributed by atoms with Crippen LogP contribution in [0.5, 0.6) is 0 Å². The van der Waals surface area contributed by atoms with E-state index in [4.69, 9.17) is 15.2 Å². The summed E-state index contributed by atoms with van der Waals surface area (Å²) in [6, 6.07) is 5.17. The highest BCUT2D eigenvalue weighted by atomic mass is 35.5. The minimum Gasteiger partial charge on any atom is -0.465 e. The van der Waals surface area contributed by atoms with Crippen molar-refractivity contribution in [1.29, 1.82) is 0 Å². The molecule has 0 radical (unpaired) electrons. The van der Waals surface area contributed by atoms with Crippen molar-refractivity contribution in [2.24, 2.45) is 11.1 Å². The highest BCUT2D eigenvalue weighted by molar-refractivity contribution is 5.98. The van der Waals surface area contributed by atoms with Crippen molar-refractivity contribution >= 4 is 30.0 Å². The lowest BCUT2D eigenvalue weighted by molar-refractivity contribution is -0.130.